The third kappa shape index (κ3) is 7.34. The molecule has 6 heteroatoms. The molecule has 0 aliphatic carbocycles. The van der Waals surface area contributed by atoms with Gasteiger partial charge in [0.25, 0.3) is 5.91 Å². The number of hydrogen-bond donors (Lipinski definition) is 2. The molecular formula is C16H29Cl2N3O. The van der Waals surface area contributed by atoms with E-state index < -0.39 is 0 Å². The predicted octanol–water partition coefficient (Wildman–Crippen LogP) is 3.13. The Bertz CT molecular complexity index is 465. The summed E-state index contributed by atoms with van der Waals surface area (Å²) in [6.45, 7) is 6.96. The van der Waals surface area contributed by atoms with Crippen molar-refractivity contribution in [2.75, 3.05) is 26.4 Å². The second-order valence-corrected chi connectivity index (χ2v) is 6.03. The fraction of sp³-hybridized carbons (Fsp3) is 0.562. The summed E-state index contributed by atoms with van der Waals surface area (Å²) in [5.74, 6) is 0.554. The first-order chi connectivity index (χ1) is 9.31. The maximum atomic E-state index is 12.2. The maximum Gasteiger partial charge on any atom is 0.251 e. The molecule has 1 amide bonds. The van der Waals surface area contributed by atoms with E-state index in [0.717, 1.165) is 12.0 Å². The quantitative estimate of drug-likeness (QED) is 0.775. The Balaban J connectivity index is 0. The smallest absolute Gasteiger partial charge is 0.251 e. The molecule has 1 atom stereocenters. The van der Waals surface area contributed by atoms with Gasteiger partial charge in [0.2, 0.25) is 0 Å². The fourth-order valence-corrected chi connectivity index (χ4v) is 2.21. The van der Waals surface area contributed by atoms with E-state index in [1.54, 1.807) is 6.07 Å². The van der Waals surface area contributed by atoms with Gasteiger partial charge < -0.3 is 16.0 Å². The van der Waals surface area contributed by atoms with Gasteiger partial charge in [-0.25, -0.2) is 0 Å². The number of nitrogen functional groups attached to an aromatic ring is 1. The molecule has 0 saturated carbocycles. The average molecular weight is 350 g/mol. The van der Waals surface area contributed by atoms with Gasteiger partial charge >= 0.3 is 0 Å². The summed E-state index contributed by atoms with van der Waals surface area (Å²) < 4.78 is 0. The molecule has 0 aromatic heterocycles. The number of anilines is 1. The van der Waals surface area contributed by atoms with Crippen molar-refractivity contribution in [1.82, 2.24) is 10.2 Å². The molecule has 1 unspecified atom stereocenters. The van der Waals surface area contributed by atoms with E-state index in [1.807, 2.05) is 33.2 Å². The molecule has 0 aliphatic heterocycles. The number of carbonyl (C=O) groups excluding carboxylic acids is 1. The van der Waals surface area contributed by atoms with Crippen molar-refractivity contribution in [2.24, 2.45) is 5.92 Å². The largest absolute Gasteiger partial charge is 0.399 e. The van der Waals surface area contributed by atoms with Crippen LogP contribution in [0.3, 0.4) is 0 Å². The number of nitrogens with two attached hydrogens (primary N) is 1. The molecule has 1 aromatic rings. The maximum absolute atomic E-state index is 12.2. The molecule has 0 saturated heterocycles. The summed E-state index contributed by atoms with van der Waals surface area (Å²) in [6, 6.07) is 5.77. The second-order valence-electron chi connectivity index (χ2n) is 6.03. The highest BCUT2D eigenvalue weighted by Gasteiger charge is 2.16. The van der Waals surface area contributed by atoms with E-state index >= 15 is 0 Å². The Hall–Kier alpha value is -0.970. The van der Waals surface area contributed by atoms with E-state index in [0.29, 0.717) is 29.8 Å². The third-order valence-electron chi connectivity index (χ3n) is 3.48. The Morgan fingerprint density at radius 1 is 1.27 bits per heavy atom. The molecule has 0 bridgehead atoms. The summed E-state index contributed by atoms with van der Waals surface area (Å²) in [4.78, 5) is 14.4. The fourth-order valence-electron chi connectivity index (χ4n) is 2.21. The van der Waals surface area contributed by atoms with Crippen LogP contribution in [-0.4, -0.2) is 37.5 Å². The van der Waals surface area contributed by atoms with E-state index in [9.17, 15) is 4.79 Å². The molecule has 0 radical (unpaired) electrons. The lowest BCUT2D eigenvalue weighted by Gasteiger charge is -2.26. The Morgan fingerprint density at radius 3 is 2.36 bits per heavy atom. The summed E-state index contributed by atoms with van der Waals surface area (Å²) in [5, 5.41) is 3.02. The standard InChI is InChI=1S/C16H27N3O.2ClH/c1-11(2)8-14(19(4)5)10-18-16(20)15-9-13(17)7-6-12(15)3;;/h6-7,9,11,14H,8,10,17H2,1-5H3,(H,18,20);2*1H. The second kappa shape index (κ2) is 10.7. The van der Waals surface area contributed by atoms with Crippen molar-refractivity contribution in [3.8, 4) is 0 Å². The first kappa shape index (κ1) is 23.3. The zero-order valence-corrected chi connectivity index (χ0v) is 15.7. The minimum atomic E-state index is -0.0505. The molecule has 1 aromatic carbocycles. The zero-order chi connectivity index (χ0) is 15.3. The van der Waals surface area contributed by atoms with Gasteiger partial charge in [-0.2, -0.15) is 0 Å². The Kier molecular flexibility index (Phi) is 11.3. The predicted molar refractivity (Wildman–Crippen MR) is 99.4 cm³/mol. The number of nitrogens with zero attached hydrogens (tertiary/aromatic N) is 1. The molecule has 4 nitrogen and oxygen atoms in total. The highest BCUT2D eigenvalue weighted by atomic mass is 35.5. The number of aryl methyl sites for hydroxylation is 1. The van der Waals surface area contributed by atoms with Crippen molar-refractivity contribution in [3.05, 3.63) is 29.3 Å². The summed E-state index contributed by atoms with van der Waals surface area (Å²) in [5.41, 5.74) is 7.97. The van der Waals surface area contributed by atoms with Crippen LogP contribution in [0.5, 0.6) is 0 Å². The lowest BCUT2D eigenvalue weighted by atomic mass is 10.0. The topological polar surface area (TPSA) is 58.4 Å². The zero-order valence-electron chi connectivity index (χ0n) is 14.1. The van der Waals surface area contributed by atoms with Gasteiger partial charge in [0.15, 0.2) is 0 Å². The molecule has 0 heterocycles. The van der Waals surface area contributed by atoms with Gasteiger partial charge in [0, 0.05) is 23.8 Å². The van der Waals surface area contributed by atoms with Gasteiger partial charge in [-0.15, -0.1) is 24.8 Å². The molecule has 3 N–H and O–H groups in total. The highest BCUT2D eigenvalue weighted by Crippen LogP contribution is 2.13. The van der Waals surface area contributed by atoms with Crippen LogP contribution in [0.4, 0.5) is 5.69 Å². The van der Waals surface area contributed by atoms with Crippen LogP contribution >= 0.6 is 24.8 Å². The molecule has 0 spiro atoms. The molecule has 22 heavy (non-hydrogen) atoms. The molecule has 1 rings (SSSR count). The van der Waals surface area contributed by atoms with Gasteiger partial charge in [0.1, 0.15) is 0 Å². The SMILES string of the molecule is Cc1ccc(N)cc1C(=O)NCC(CC(C)C)N(C)C.Cl.Cl. The van der Waals surface area contributed by atoms with Crippen molar-refractivity contribution in [3.63, 3.8) is 0 Å². The monoisotopic (exact) mass is 349 g/mol. The number of likely N-dealkylation sites (N-methyl/N-ethyl adjacent to an activating group) is 1. The number of benzene rings is 1. The number of amides is 1. The Labute approximate surface area is 146 Å². The average Bonchev–Trinajstić information content (AvgIpc) is 2.36. The van der Waals surface area contributed by atoms with E-state index in [1.165, 1.54) is 0 Å². The summed E-state index contributed by atoms with van der Waals surface area (Å²) in [7, 11) is 4.09. The van der Waals surface area contributed by atoms with E-state index in [2.05, 4.69) is 24.1 Å². The number of rotatable bonds is 6. The highest BCUT2D eigenvalue weighted by molar-refractivity contribution is 5.96. The molecular weight excluding hydrogens is 321 g/mol. The number of hydrogen-bond acceptors (Lipinski definition) is 3. The van der Waals surface area contributed by atoms with Crippen LogP contribution in [-0.2, 0) is 0 Å². The minimum absolute atomic E-state index is 0. The van der Waals surface area contributed by atoms with Gasteiger partial charge in [-0.1, -0.05) is 19.9 Å². The summed E-state index contributed by atoms with van der Waals surface area (Å²) in [6.07, 6.45) is 1.06. The van der Waals surface area contributed by atoms with Crippen LogP contribution < -0.4 is 11.1 Å². The minimum Gasteiger partial charge on any atom is -0.399 e. The lowest BCUT2D eigenvalue weighted by molar-refractivity contribution is 0.0938. The van der Waals surface area contributed by atoms with Gasteiger partial charge in [0.05, 0.1) is 0 Å². The van der Waals surface area contributed by atoms with Crippen molar-refractivity contribution in [1.29, 1.82) is 0 Å². The van der Waals surface area contributed by atoms with Crippen LogP contribution in [0.25, 0.3) is 0 Å². The van der Waals surface area contributed by atoms with Gasteiger partial charge in [-0.05, 0) is 51.1 Å². The van der Waals surface area contributed by atoms with E-state index in [4.69, 9.17) is 5.73 Å². The van der Waals surface area contributed by atoms with Crippen molar-refractivity contribution in [2.45, 2.75) is 33.2 Å². The first-order valence-electron chi connectivity index (χ1n) is 7.12. The van der Waals surface area contributed by atoms with Crippen LogP contribution in [0.1, 0.15) is 36.2 Å². The van der Waals surface area contributed by atoms with Crippen molar-refractivity contribution < 1.29 is 4.79 Å². The Morgan fingerprint density at radius 2 is 1.86 bits per heavy atom. The summed E-state index contributed by atoms with van der Waals surface area (Å²) >= 11 is 0. The van der Waals surface area contributed by atoms with Gasteiger partial charge in [-0.3, -0.25) is 4.79 Å². The first-order valence-corrected chi connectivity index (χ1v) is 7.12. The van der Waals surface area contributed by atoms with Crippen LogP contribution in [0.15, 0.2) is 18.2 Å². The third-order valence-corrected chi connectivity index (χ3v) is 3.48. The van der Waals surface area contributed by atoms with Crippen molar-refractivity contribution >= 4 is 36.4 Å². The molecule has 0 aliphatic rings. The van der Waals surface area contributed by atoms with Crippen LogP contribution in [0, 0.1) is 12.8 Å². The lowest BCUT2D eigenvalue weighted by Crippen LogP contribution is -2.41. The normalized spacial score (nSPS) is 11.6. The number of halogens is 2. The van der Waals surface area contributed by atoms with E-state index in [-0.39, 0.29) is 30.7 Å². The number of nitrogens with one attached hydrogen (secondary N) is 1. The molecule has 128 valence electrons. The molecule has 0 fully saturated rings. The number of carbonyl (C=O) groups is 1. The van der Waals surface area contributed by atoms with Crippen LogP contribution in [0.2, 0.25) is 0 Å².